The van der Waals surface area contributed by atoms with E-state index >= 15 is 0 Å². The van der Waals surface area contributed by atoms with Crippen LogP contribution in [0.15, 0.2) is 58.3 Å². The summed E-state index contributed by atoms with van der Waals surface area (Å²) in [6.45, 7) is 0. The number of ether oxygens (including phenoxy) is 1. The van der Waals surface area contributed by atoms with E-state index in [4.69, 9.17) is 15.4 Å². The average Bonchev–Trinajstić information content (AvgIpc) is 2.60. The summed E-state index contributed by atoms with van der Waals surface area (Å²) in [5.74, 6) is -1.63. The number of hydrogen-bond donors (Lipinski definition) is 3. The Bertz CT molecular complexity index is 1030. The summed E-state index contributed by atoms with van der Waals surface area (Å²) in [4.78, 5) is 21.2. The molecule has 0 fully saturated rings. The molecule has 0 spiro atoms. The van der Waals surface area contributed by atoms with Crippen LogP contribution in [0.5, 0.6) is 0 Å². The van der Waals surface area contributed by atoms with Crippen LogP contribution in [-0.4, -0.2) is 41.0 Å². The van der Waals surface area contributed by atoms with E-state index in [2.05, 4.69) is 4.74 Å². The van der Waals surface area contributed by atoms with Crippen molar-refractivity contribution in [3.63, 3.8) is 0 Å². The second-order valence-electron chi connectivity index (χ2n) is 4.94. The maximum Gasteiger partial charge on any atom is 0.337 e. The lowest BCUT2D eigenvalue weighted by molar-refractivity contribution is 0.0599. The fourth-order valence-electron chi connectivity index (χ4n) is 1.69. The first-order valence-electron chi connectivity index (χ1n) is 6.93. The van der Waals surface area contributed by atoms with E-state index in [0.29, 0.717) is 0 Å². The van der Waals surface area contributed by atoms with Crippen LogP contribution in [0, 0.1) is 0 Å². The van der Waals surface area contributed by atoms with Crippen LogP contribution >= 0.6 is 0 Å². The predicted octanol–water partition coefficient (Wildman–Crippen LogP) is 0.153. The Balaban J connectivity index is 0.000000271. The number of carboxylic acids is 1. The van der Waals surface area contributed by atoms with Crippen LogP contribution in [0.1, 0.15) is 20.7 Å². The highest BCUT2D eigenvalue weighted by molar-refractivity contribution is 7.89. The maximum absolute atomic E-state index is 11.0. The maximum atomic E-state index is 11.0. The Morgan fingerprint density at radius 1 is 0.778 bits per heavy atom. The van der Waals surface area contributed by atoms with Crippen molar-refractivity contribution >= 4 is 32.0 Å². The molecule has 5 N–H and O–H groups in total. The molecular weight excluding hydrogens is 400 g/mol. The van der Waals surface area contributed by atoms with Crippen molar-refractivity contribution < 1.29 is 36.3 Å². The molecule has 0 aromatic heterocycles. The number of hydrogen-bond acceptors (Lipinski definition) is 7. The smallest absolute Gasteiger partial charge is 0.337 e. The van der Waals surface area contributed by atoms with Gasteiger partial charge in [-0.1, -0.05) is 0 Å². The topological polar surface area (TPSA) is 184 Å². The number of aromatic carboxylic acids is 1. The Labute approximate surface area is 155 Å². The molecule has 146 valence electrons. The van der Waals surface area contributed by atoms with Crippen molar-refractivity contribution in [1.82, 2.24) is 0 Å². The van der Waals surface area contributed by atoms with Gasteiger partial charge in [-0.15, -0.1) is 0 Å². The zero-order chi connectivity index (χ0) is 20.8. The highest BCUT2D eigenvalue weighted by Gasteiger charge is 2.10. The Kier molecular flexibility index (Phi) is 7.19. The van der Waals surface area contributed by atoms with Crippen molar-refractivity contribution in [1.29, 1.82) is 0 Å². The fourth-order valence-corrected chi connectivity index (χ4v) is 2.72. The van der Waals surface area contributed by atoms with Gasteiger partial charge in [0.2, 0.25) is 20.0 Å². The molecule has 12 heteroatoms. The van der Waals surface area contributed by atoms with E-state index in [1.165, 1.54) is 43.5 Å². The minimum Gasteiger partial charge on any atom is -0.478 e. The number of rotatable bonds is 4. The molecule has 0 aliphatic heterocycles. The highest BCUT2D eigenvalue weighted by Crippen LogP contribution is 2.09. The molecule has 0 radical (unpaired) electrons. The average molecular weight is 416 g/mol. The molecular formula is C15H16N2O8S2. The van der Waals surface area contributed by atoms with Crippen molar-refractivity contribution in [2.75, 3.05) is 7.11 Å². The molecule has 0 saturated carbocycles. The summed E-state index contributed by atoms with van der Waals surface area (Å²) >= 11 is 0. The van der Waals surface area contributed by atoms with E-state index < -0.39 is 32.0 Å². The van der Waals surface area contributed by atoms with Gasteiger partial charge in [-0.2, -0.15) is 0 Å². The summed E-state index contributed by atoms with van der Waals surface area (Å²) in [6.07, 6.45) is 0. The first-order valence-corrected chi connectivity index (χ1v) is 10.0. The third-order valence-corrected chi connectivity index (χ3v) is 4.89. The van der Waals surface area contributed by atoms with Gasteiger partial charge in [-0.25, -0.2) is 36.7 Å². The van der Waals surface area contributed by atoms with E-state index in [0.717, 1.165) is 12.1 Å². The second kappa shape index (κ2) is 8.73. The first-order chi connectivity index (χ1) is 12.4. The minimum absolute atomic E-state index is 0.0207. The third-order valence-electron chi connectivity index (χ3n) is 3.03. The number of benzene rings is 2. The van der Waals surface area contributed by atoms with Crippen molar-refractivity contribution in [2.24, 2.45) is 10.3 Å². The van der Waals surface area contributed by atoms with Gasteiger partial charge in [0.1, 0.15) is 0 Å². The van der Waals surface area contributed by atoms with E-state index in [9.17, 15) is 26.4 Å². The van der Waals surface area contributed by atoms with Gasteiger partial charge in [-0.05, 0) is 48.5 Å². The zero-order valence-corrected chi connectivity index (χ0v) is 15.5. The summed E-state index contributed by atoms with van der Waals surface area (Å²) < 4.78 is 47.6. The number of methoxy groups -OCH3 is 1. The summed E-state index contributed by atoms with van der Waals surface area (Å²) in [5, 5.41) is 18.2. The van der Waals surface area contributed by atoms with Gasteiger partial charge < -0.3 is 9.84 Å². The normalized spacial score (nSPS) is 11.1. The van der Waals surface area contributed by atoms with Crippen molar-refractivity contribution in [3.8, 4) is 0 Å². The number of carboxylic acid groups (broad SMARTS) is 1. The quantitative estimate of drug-likeness (QED) is 0.588. The Morgan fingerprint density at radius 3 is 1.37 bits per heavy atom. The molecule has 0 aliphatic rings. The molecule has 27 heavy (non-hydrogen) atoms. The van der Waals surface area contributed by atoms with Gasteiger partial charge in [-0.3, -0.25) is 0 Å². The molecule has 0 atom stereocenters. The molecule has 0 unspecified atom stereocenters. The number of carbonyl (C=O) groups is 2. The minimum atomic E-state index is -3.74. The molecule has 0 amide bonds. The number of sulfonamides is 2. The van der Waals surface area contributed by atoms with Crippen LogP contribution in [0.2, 0.25) is 0 Å². The van der Waals surface area contributed by atoms with E-state index in [1.807, 2.05) is 0 Å². The van der Waals surface area contributed by atoms with Crippen molar-refractivity contribution in [3.05, 3.63) is 59.7 Å². The lowest BCUT2D eigenvalue weighted by Crippen LogP contribution is -2.12. The number of primary sulfonamides is 2. The number of nitrogens with two attached hydrogens (primary N) is 2. The van der Waals surface area contributed by atoms with Crippen LogP contribution in [0.4, 0.5) is 0 Å². The molecule has 0 heterocycles. The lowest BCUT2D eigenvalue weighted by atomic mass is 10.2. The van der Waals surface area contributed by atoms with E-state index in [1.54, 1.807) is 0 Å². The van der Waals surface area contributed by atoms with E-state index in [-0.39, 0.29) is 20.9 Å². The SMILES string of the molecule is COC(=O)c1ccc(S(N)(=O)=O)cc1.NS(=O)(=O)c1ccc(C(=O)O)cc1. The standard InChI is InChI=1S/C8H9NO4S.C7H7NO4S/c1-13-8(10)6-2-4-7(5-3-6)14(9,11)12;8-13(11,12)6-3-1-5(2-4-6)7(9)10/h2-5H,1H3,(H2,9,11,12);1-4H,(H,9,10)(H2,8,11,12). The van der Waals surface area contributed by atoms with Crippen LogP contribution in [0.3, 0.4) is 0 Å². The molecule has 0 aliphatic carbocycles. The summed E-state index contributed by atoms with van der Waals surface area (Å²) in [5.41, 5.74) is 0.298. The number of esters is 1. The Morgan fingerprint density at radius 2 is 1.11 bits per heavy atom. The molecule has 0 bridgehead atoms. The lowest BCUT2D eigenvalue weighted by Gasteiger charge is -2.00. The molecule has 10 nitrogen and oxygen atoms in total. The van der Waals surface area contributed by atoms with Crippen LogP contribution in [0.25, 0.3) is 0 Å². The van der Waals surface area contributed by atoms with Gasteiger partial charge in [0.05, 0.1) is 28.0 Å². The van der Waals surface area contributed by atoms with Gasteiger partial charge in [0.15, 0.2) is 0 Å². The first kappa shape index (κ1) is 22.2. The fraction of sp³-hybridized carbons (Fsp3) is 0.0667. The predicted molar refractivity (Wildman–Crippen MR) is 93.9 cm³/mol. The molecule has 2 aromatic carbocycles. The van der Waals surface area contributed by atoms with Gasteiger partial charge >= 0.3 is 11.9 Å². The highest BCUT2D eigenvalue weighted by atomic mass is 32.2. The third kappa shape index (κ3) is 6.79. The Hall–Kier alpha value is -2.80. The summed E-state index contributed by atoms with van der Waals surface area (Å²) in [7, 11) is -6.20. The van der Waals surface area contributed by atoms with Crippen LogP contribution in [-0.2, 0) is 24.8 Å². The number of carbonyl (C=O) groups excluding carboxylic acids is 1. The second-order valence-corrected chi connectivity index (χ2v) is 8.06. The monoisotopic (exact) mass is 416 g/mol. The largest absolute Gasteiger partial charge is 0.478 e. The van der Waals surface area contributed by atoms with Crippen LogP contribution < -0.4 is 10.3 Å². The van der Waals surface area contributed by atoms with Gasteiger partial charge in [0, 0.05) is 0 Å². The van der Waals surface area contributed by atoms with Crippen molar-refractivity contribution in [2.45, 2.75) is 9.79 Å². The molecule has 2 aromatic rings. The molecule has 0 saturated heterocycles. The zero-order valence-electron chi connectivity index (χ0n) is 13.9. The molecule has 2 rings (SSSR count). The summed E-state index contributed by atoms with van der Waals surface area (Å²) in [6, 6.07) is 9.85. The van der Waals surface area contributed by atoms with Gasteiger partial charge in [0.25, 0.3) is 0 Å².